The molecular weight excluding hydrogens is 200 g/mol. The topological polar surface area (TPSA) is 102 Å². The Bertz CT molecular complexity index is 403. The zero-order valence-corrected chi connectivity index (χ0v) is 7.98. The summed E-state index contributed by atoms with van der Waals surface area (Å²) in [6.07, 6.45) is 0. The van der Waals surface area contributed by atoms with Crippen molar-refractivity contribution in [3.05, 3.63) is 29.3 Å². The van der Waals surface area contributed by atoms with Crippen LogP contribution >= 0.6 is 0 Å². The van der Waals surface area contributed by atoms with Gasteiger partial charge in [0, 0.05) is 5.56 Å². The molecule has 15 heavy (non-hydrogen) atoms. The molecule has 1 amide bonds. The Kier molecular flexibility index (Phi) is 3.25. The number of phenolic OH excluding ortho intramolecular Hbond substituents is 1. The first-order chi connectivity index (χ1) is 7.10. The molecular formula is C9H10N2O4. The summed E-state index contributed by atoms with van der Waals surface area (Å²) in [6, 6.07) is 3.77. The summed E-state index contributed by atoms with van der Waals surface area (Å²) in [5.74, 6) is 3.35. The molecule has 0 radical (unpaired) electrons. The van der Waals surface area contributed by atoms with Gasteiger partial charge in [0.15, 0.2) is 0 Å². The lowest BCUT2D eigenvalue weighted by molar-refractivity contribution is 0.0597. The molecule has 0 saturated carbocycles. The minimum absolute atomic E-state index is 0.00827. The molecule has 0 heterocycles. The molecule has 6 heteroatoms. The van der Waals surface area contributed by atoms with Gasteiger partial charge >= 0.3 is 5.97 Å². The van der Waals surface area contributed by atoms with E-state index in [1.54, 1.807) is 0 Å². The normalized spacial score (nSPS) is 9.47. The van der Waals surface area contributed by atoms with E-state index in [-0.39, 0.29) is 16.9 Å². The van der Waals surface area contributed by atoms with Gasteiger partial charge in [-0.3, -0.25) is 10.2 Å². The fourth-order valence-corrected chi connectivity index (χ4v) is 1.04. The zero-order chi connectivity index (χ0) is 11.4. The highest BCUT2D eigenvalue weighted by atomic mass is 16.5. The van der Waals surface area contributed by atoms with Crippen LogP contribution in [-0.4, -0.2) is 24.1 Å². The van der Waals surface area contributed by atoms with Crippen molar-refractivity contribution in [2.75, 3.05) is 7.11 Å². The average molecular weight is 210 g/mol. The maximum absolute atomic E-state index is 11.1. The molecule has 6 nitrogen and oxygen atoms in total. The van der Waals surface area contributed by atoms with Crippen molar-refractivity contribution in [1.82, 2.24) is 5.43 Å². The summed E-state index contributed by atoms with van der Waals surface area (Å²) in [4.78, 5) is 22.1. The minimum Gasteiger partial charge on any atom is -0.507 e. The van der Waals surface area contributed by atoms with Crippen LogP contribution in [0.1, 0.15) is 20.7 Å². The van der Waals surface area contributed by atoms with E-state index in [2.05, 4.69) is 4.74 Å². The molecule has 1 aromatic rings. The number of nitrogen functional groups attached to an aromatic ring is 1. The largest absolute Gasteiger partial charge is 0.507 e. The number of carbonyl (C=O) groups excluding carboxylic acids is 2. The number of benzene rings is 1. The van der Waals surface area contributed by atoms with Gasteiger partial charge in [-0.05, 0) is 18.2 Å². The molecule has 0 spiro atoms. The highest BCUT2D eigenvalue weighted by molar-refractivity contribution is 5.97. The third kappa shape index (κ3) is 2.23. The van der Waals surface area contributed by atoms with Gasteiger partial charge in [0.2, 0.25) is 0 Å². The fourth-order valence-electron chi connectivity index (χ4n) is 1.04. The van der Waals surface area contributed by atoms with Gasteiger partial charge in [-0.2, -0.15) is 0 Å². The molecule has 4 N–H and O–H groups in total. The molecule has 0 unspecified atom stereocenters. The number of ether oxygens (including phenoxy) is 1. The van der Waals surface area contributed by atoms with Gasteiger partial charge in [0.25, 0.3) is 5.91 Å². The average Bonchev–Trinajstić information content (AvgIpc) is 2.26. The summed E-state index contributed by atoms with van der Waals surface area (Å²) < 4.78 is 4.42. The number of amides is 1. The summed E-state index contributed by atoms with van der Waals surface area (Å²) >= 11 is 0. The Morgan fingerprint density at radius 2 is 2.13 bits per heavy atom. The summed E-state index contributed by atoms with van der Waals surface area (Å²) in [5.41, 5.74) is 2.05. The van der Waals surface area contributed by atoms with Gasteiger partial charge in [0.05, 0.1) is 7.11 Å². The molecule has 0 aliphatic rings. The quantitative estimate of drug-likeness (QED) is 0.271. The molecule has 0 saturated heterocycles. The lowest BCUT2D eigenvalue weighted by Gasteiger charge is -2.04. The second-order valence-electron chi connectivity index (χ2n) is 2.70. The lowest BCUT2D eigenvalue weighted by Crippen LogP contribution is -2.29. The molecule has 0 fully saturated rings. The van der Waals surface area contributed by atoms with E-state index < -0.39 is 11.9 Å². The van der Waals surface area contributed by atoms with E-state index in [0.717, 1.165) is 6.07 Å². The highest BCUT2D eigenvalue weighted by Gasteiger charge is 2.13. The number of nitrogens with two attached hydrogens (primary N) is 1. The third-order valence-corrected chi connectivity index (χ3v) is 1.80. The van der Waals surface area contributed by atoms with Crippen LogP contribution in [0.3, 0.4) is 0 Å². The summed E-state index contributed by atoms with van der Waals surface area (Å²) in [5, 5.41) is 9.42. The van der Waals surface area contributed by atoms with Crippen LogP contribution in [0.15, 0.2) is 18.2 Å². The van der Waals surface area contributed by atoms with Gasteiger partial charge < -0.3 is 9.84 Å². The predicted molar refractivity (Wildman–Crippen MR) is 51.1 cm³/mol. The number of aromatic hydroxyl groups is 1. The Labute approximate surface area is 85.6 Å². The smallest absolute Gasteiger partial charge is 0.341 e. The minimum atomic E-state index is -0.674. The van der Waals surface area contributed by atoms with Crippen LogP contribution in [0.2, 0.25) is 0 Å². The number of esters is 1. The SMILES string of the molecule is COC(=O)c1ccc(C(=O)NN)cc1O. The Morgan fingerprint density at radius 3 is 2.60 bits per heavy atom. The first kappa shape index (κ1) is 11.0. The number of hydrogen-bond acceptors (Lipinski definition) is 5. The van der Waals surface area contributed by atoms with Crippen molar-refractivity contribution in [2.24, 2.45) is 5.84 Å². The van der Waals surface area contributed by atoms with Crippen LogP contribution in [0.5, 0.6) is 5.75 Å². The van der Waals surface area contributed by atoms with Crippen LogP contribution < -0.4 is 11.3 Å². The maximum atomic E-state index is 11.1. The molecule has 1 rings (SSSR count). The predicted octanol–water partition coefficient (Wildman–Crippen LogP) is -0.218. The van der Waals surface area contributed by atoms with Crippen LogP contribution in [0.4, 0.5) is 0 Å². The molecule has 0 aromatic heterocycles. The number of hydrogen-bond donors (Lipinski definition) is 3. The number of carbonyl (C=O) groups is 2. The van der Waals surface area contributed by atoms with Gasteiger partial charge in [0.1, 0.15) is 11.3 Å². The molecule has 0 bridgehead atoms. The van der Waals surface area contributed by atoms with E-state index in [1.807, 2.05) is 5.43 Å². The van der Waals surface area contributed by atoms with Gasteiger partial charge in [-0.25, -0.2) is 10.6 Å². The van der Waals surface area contributed by atoms with Gasteiger partial charge in [-0.1, -0.05) is 0 Å². The van der Waals surface area contributed by atoms with Crippen molar-refractivity contribution >= 4 is 11.9 Å². The van der Waals surface area contributed by atoms with Crippen molar-refractivity contribution in [2.45, 2.75) is 0 Å². The van der Waals surface area contributed by atoms with Crippen LogP contribution in [0.25, 0.3) is 0 Å². The number of phenols is 1. The van der Waals surface area contributed by atoms with E-state index in [1.165, 1.54) is 19.2 Å². The Balaban J connectivity index is 3.08. The van der Waals surface area contributed by atoms with Crippen molar-refractivity contribution in [3.63, 3.8) is 0 Å². The number of methoxy groups -OCH3 is 1. The van der Waals surface area contributed by atoms with Gasteiger partial charge in [-0.15, -0.1) is 0 Å². The van der Waals surface area contributed by atoms with E-state index in [9.17, 15) is 14.7 Å². The Hall–Kier alpha value is -2.08. The monoisotopic (exact) mass is 210 g/mol. The first-order valence-electron chi connectivity index (χ1n) is 4.02. The molecule has 0 atom stereocenters. The summed E-state index contributed by atoms with van der Waals surface area (Å²) in [7, 11) is 1.20. The molecule has 1 aromatic carbocycles. The van der Waals surface area contributed by atoms with Crippen molar-refractivity contribution in [1.29, 1.82) is 0 Å². The van der Waals surface area contributed by atoms with Crippen molar-refractivity contribution < 1.29 is 19.4 Å². The Morgan fingerprint density at radius 1 is 1.47 bits per heavy atom. The molecule has 80 valence electrons. The zero-order valence-electron chi connectivity index (χ0n) is 7.98. The van der Waals surface area contributed by atoms with Crippen LogP contribution in [0, 0.1) is 0 Å². The second kappa shape index (κ2) is 4.43. The molecule has 0 aliphatic carbocycles. The second-order valence-corrected chi connectivity index (χ2v) is 2.70. The fraction of sp³-hybridized carbons (Fsp3) is 0.111. The third-order valence-electron chi connectivity index (χ3n) is 1.80. The van der Waals surface area contributed by atoms with E-state index >= 15 is 0 Å². The van der Waals surface area contributed by atoms with Crippen LogP contribution in [-0.2, 0) is 4.74 Å². The van der Waals surface area contributed by atoms with E-state index in [0.29, 0.717) is 0 Å². The maximum Gasteiger partial charge on any atom is 0.341 e. The molecule has 0 aliphatic heterocycles. The van der Waals surface area contributed by atoms with E-state index in [4.69, 9.17) is 5.84 Å². The highest BCUT2D eigenvalue weighted by Crippen LogP contribution is 2.19. The first-order valence-corrected chi connectivity index (χ1v) is 4.02. The number of rotatable bonds is 2. The van der Waals surface area contributed by atoms with Crippen molar-refractivity contribution in [3.8, 4) is 5.75 Å². The standard InChI is InChI=1S/C9H10N2O4/c1-15-9(14)6-3-2-5(4-7(6)12)8(13)11-10/h2-4,12H,10H2,1H3,(H,11,13). The summed E-state index contributed by atoms with van der Waals surface area (Å²) in [6.45, 7) is 0. The lowest BCUT2D eigenvalue weighted by atomic mass is 10.1. The number of hydrazine groups is 1. The number of nitrogens with one attached hydrogen (secondary N) is 1.